The van der Waals surface area contributed by atoms with Crippen molar-refractivity contribution in [1.29, 1.82) is 0 Å². The fourth-order valence-electron chi connectivity index (χ4n) is 2.70. The van der Waals surface area contributed by atoms with Gasteiger partial charge in [-0.1, -0.05) is 6.92 Å². The number of rotatable bonds is 2. The van der Waals surface area contributed by atoms with Crippen LogP contribution in [0, 0.1) is 5.41 Å². The lowest BCUT2D eigenvalue weighted by molar-refractivity contribution is -0.139. The molecule has 2 unspecified atom stereocenters. The molecule has 1 N–H and O–H groups in total. The number of carbonyl (C=O) groups is 1. The van der Waals surface area contributed by atoms with Gasteiger partial charge in [0.2, 0.25) is 5.91 Å². The Kier molecular flexibility index (Phi) is 2.75. The molecule has 0 bridgehead atoms. The highest BCUT2D eigenvalue weighted by Crippen LogP contribution is 2.50. The lowest BCUT2D eigenvalue weighted by Crippen LogP contribution is -2.57. The fraction of sp³-hybridized carbons (Fsp3) is 0.917. The van der Waals surface area contributed by atoms with Gasteiger partial charge >= 0.3 is 0 Å². The van der Waals surface area contributed by atoms with Gasteiger partial charge in [0.25, 0.3) is 0 Å². The van der Waals surface area contributed by atoms with Crippen LogP contribution in [0.4, 0.5) is 0 Å². The predicted molar refractivity (Wildman–Crippen MR) is 60.6 cm³/mol. The van der Waals surface area contributed by atoms with Crippen LogP contribution in [0.15, 0.2) is 0 Å². The Hall–Kier alpha value is -0.570. The molecule has 1 aliphatic carbocycles. The molecule has 2 atom stereocenters. The van der Waals surface area contributed by atoms with E-state index in [0.717, 1.165) is 32.4 Å². The van der Waals surface area contributed by atoms with Gasteiger partial charge in [-0.05, 0) is 33.1 Å². The zero-order chi connectivity index (χ0) is 11.1. The van der Waals surface area contributed by atoms with E-state index in [1.165, 1.54) is 0 Å². The van der Waals surface area contributed by atoms with Crippen molar-refractivity contribution in [2.75, 3.05) is 13.1 Å². The Morgan fingerprint density at radius 2 is 1.87 bits per heavy atom. The van der Waals surface area contributed by atoms with Crippen LogP contribution >= 0.6 is 0 Å². The highest BCUT2D eigenvalue weighted by Gasteiger charge is 2.50. The maximum atomic E-state index is 12.3. The minimum Gasteiger partial charge on any atom is -0.339 e. The van der Waals surface area contributed by atoms with Gasteiger partial charge in [0.05, 0.1) is 0 Å². The third-order valence-corrected chi connectivity index (χ3v) is 3.83. The largest absolute Gasteiger partial charge is 0.339 e. The molecule has 1 heterocycles. The summed E-state index contributed by atoms with van der Waals surface area (Å²) in [5, 5.41) is 3.46. The van der Waals surface area contributed by atoms with Crippen molar-refractivity contribution in [2.24, 2.45) is 5.41 Å². The van der Waals surface area contributed by atoms with Crippen LogP contribution in [-0.4, -0.2) is 36.0 Å². The van der Waals surface area contributed by atoms with Crippen molar-refractivity contribution in [3.63, 3.8) is 0 Å². The van der Waals surface area contributed by atoms with Crippen molar-refractivity contribution in [3.8, 4) is 0 Å². The van der Waals surface area contributed by atoms with Crippen LogP contribution in [0.25, 0.3) is 0 Å². The van der Waals surface area contributed by atoms with E-state index in [-0.39, 0.29) is 5.41 Å². The molecule has 0 aromatic heterocycles. The molecule has 1 saturated heterocycles. The second-order valence-corrected chi connectivity index (χ2v) is 5.31. The molecule has 2 rings (SSSR count). The second-order valence-electron chi connectivity index (χ2n) is 5.31. The van der Waals surface area contributed by atoms with Gasteiger partial charge in [-0.2, -0.15) is 0 Å². The van der Waals surface area contributed by atoms with Gasteiger partial charge in [0, 0.05) is 30.6 Å². The highest BCUT2D eigenvalue weighted by atomic mass is 16.2. The number of hydrogen-bond acceptors (Lipinski definition) is 2. The van der Waals surface area contributed by atoms with Crippen molar-refractivity contribution in [2.45, 2.75) is 52.1 Å². The summed E-state index contributed by atoms with van der Waals surface area (Å²) < 4.78 is 0. The lowest BCUT2D eigenvalue weighted by atomic mass is 10.00. The summed E-state index contributed by atoms with van der Waals surface area (Å²) in [4.78, 5) is 14.4. The van der Waals surface area contributed by atoms with Crippen molar-refractivity contribution < 1.29 is 4.79 Å². The number of nitrogens with one attached hydrogen (secondary N) is 1. The van der Waals surface area contributed by atoms with Gasteiger partial charge in [-0.25, -0.2) is 0 Å². The molecule has 1 aliphatic heterocycles. The molecule has 0 aromatic carbocycles. The summed E-state index contributed by atoms with van der Waals surface area (Å²) in [5.74, 6) is 0.408. The first-order chi connectivity index (χ1) is 7.07. The van der Waals surface area contributed by atoms with Crippen LogP contribution in [0.2, 0.25) is 0 Å². The molecular formula is C12H22N2O. The third kappa shape index (κ3) is 2.03. The quantitative estimate of drug-likeness (QED) is 0.747. The van der Waals surface area contributed by atoms with Crippen LogP contribution < -0.4 is 5.32 Å². The van der Waals surface area contributed by atoms with E-state index >= 15 is 0 Å². The highest BCUT2D eigenvalue weighted by molar-refractivity contribution is 5.85. The smallest absolute Gasteiger partial charge is 0.228 e. The summed E-state index contributed by atoms with van der Waals surface area (Å²) in [6.07, 6.45) is 3.22. The van der Waals surface area contributed by atoms with Crippen molar-refractivity contribution in [1.82, 2.24) is 10.2 Å². The van der Waals surface area contributed by atoms with Gasteiger partial charge in [0.15, 0.2) is 0 Å². The Morgan fingerprint density at radius 3 is 2.27 bits per heavy atom. The Balaban J connectivity index is 2.01. The van der Waals surface area contributed by atoms with Gasteiger partial charge in [-0.15, -0.1) is 0 Å². The molecule has 3 nitrogen and oxygen atoms in total. The minimum atomic E-state index is 0.0385. The Labute approximate surface area is 92.2 Å². The summed E-state index contributed by atoms with van der Waals surface area (Å²) >= 11 is 0. The average molecular weight is 210 g/mol. The summed E-state index contributed by atoms with van der Waals surface area (Å²) in [6, 6.07) is 0.871. The first kappa shape index (κ1) is 10.9. The van der Waals surface area contributed by atoms with E-state index in [0.29, 0.717) is 18.0 Å². The standard InChI is InChI=1S/C12H22N2O/c1-4-12(5-6-12)11(15)14-7-9(2)13-10(3)8-14/h9-10,13H,4-8H2,1-3H3. The second kappa shape index (κ2) is 3.78. The average Bonchev–Trinajstić information content (AvgIpc) is 2.95. The molecular weight excluding hydrogens is 188 g/mol. The lowest BCUT2D eigenvalue weighted by Gasteiger charge is -2.38. The minimum absolute atomic E-state index is 0.0385. The van der Waals surface area contributed by atoms with Crippen LogP contribution in [-0.2, 0) is 4.79 Å². The van der Waals surface area contributed by atoms with Gasteiger partial charge in [-0.3, -0.25) is 4.79 Å². The maximum absolute atomic E-state index is 12.3. The Morgan fingerprint density at radius 1 is 1.33 bits per heavy atom. The molecule has 1 amide bonds. The van der Waals surface area contributed by atoms with Gasteiger partial charge < -0.3 is 10.2 Å². The first-order valence-electron chi connectivity index (χ1n) is 6.13. The molecule has 2 aliphatic rings. The van der Waals surface area contributed by atoms with E-state index in [1.807, 2.05) is 0 Å². The van der Waals surface area contributed by atoms with E-state index in [9.17, 15) is 4.79 Å². The van der Waals surface area contributed by atoms with E-state index in [4.69, 9.17) is 0 Å². The van der Waals surface area contributed by atoms with Crippen LogP contribution in [0.3, 0.4) is 0 Å². The van der Waals surface area contributed by atoms with Crippen LogP contribution in [0.1, 0.15) is 40.0 Å². The van der Waals surface area contributed by atoms with E-state index in [1.54, 1.807) is 0 Å². The Bertz CT molecular complexity index is 250. The van der Waals surface area contributed by atoms with E-state index in [2.05, 4.69) is 31.0 Å². The predicted octanol–water partition coefficient (Wildman–Crippen LogP) is 1.39. The zero-order valence-electron chi connectivity index (χ0n) is 10.0. The third-order valence-electron chi connectivity index (χ3n) is 3.83. The molecule has 3 heteroatoms. The van der Waals surface area contributed by atoms with E-state index < -0.39 is 0 Å². The molecule has 15 heavy (non-hydrogen) atoms. The number of hydrogen-bond donors (Lipinski definition) is 1. The number of amides is 1. The van der Waals surface area contributed by atoms with Crippen molar-refractivity contribution in [3.05, 3.63) is 0 Å². The molecule has 1 saturated carbocycles. The molecule has 0 spiro atoms. The molecule has 0 aromatic rings. The normalized spacial score (nSPS) is 33.9. The zero-order valence-corrected chi connectivity index (χ0v) is 10.0. The fourth-order valence-corrected chi connectivity index (χ4v) is 2.70. The summed E-state index contributed by atoms with van der Waals surface area (Å²) in [7, 11) is 0. The van der Waals surface area contributed by atoms with Crippen LogP contribution in [0.5, 0.6) is 0 Å². The maximum Gasteiger partial charge on any atom is 0.228 e. The molecule has 2 fully saturated rings. The first-order valence-corrected chi connectivity index (χ1v) is 6.13. The SMILES string of the molecule is CCC1(C(=O)N2CC(C)NC(C)C2)CC1. The summed E-state index contributed by atoms with van der Waals surface area (Å²) in [5.41, 5.74) is 0.0385. The summed E-state index contributed by atoms with van der Waals surface area (Å²) in [6.45, 7) is 8.21. The molecule has 86 valence electrons. The monoisotopic (exact) mass is 210 g/mol. The number of piperazine rings is 1. The van der Waals surface area contributed by atoms with Crippen molar-refractivity contribution >= 4 is 5.91 Å². The topological polar surface area (TPSA) is 32.3 Å². The molecule has 0 radical (unpaired) electrons. The number of carbonyl (C=O) groups excluding carboxylic acids is 1. The van der Waals surface area contributed by atoms with Gasteiger partial charge in [0.1, 0.15) is 0 Å². The number of nitrogens with zero attached hydrogens (tertiary/aromatic N) is 1.